The Bertz CT molecular complexity index is 374. The lowest BCUT2D eigenvalue weighted by molar-refractivity contribution is 0.0493. The van der Waals surface area contributed by atoms with E-state index in [-0.39, 0.29) is 5.54 Å². The molecule has 1 heterocycles. The average Bonchev–Trinajstić information content (AvgIpc) is 2.71. The van der Waals surface area contributed by atoms with Gasteiger partial charge in [-0.1, -0.05) is 5.16 Å². The zero-order chi connectivity index (χ0) is 11.8. The van der Waals surface area contributed by atoms with E-state index in [9.17, 15) is 4.79 Å². The van der Waals surface area contributed by atoms with E-state index in [1.165, 1.54) is 6.26 Å². The molecule has 1 aliphatic carbocycles. The molecule has 2 rings (SSSR count). The van der Waals surface area contributed by atoms with Crippen LogP contribution in [-0.2, 0) is 10.3 Å². The summed E-state index contributed by atoms with van der Waals surface area (Å²) in [7, 11) is 0. The summed E-state index contributed by atoms with van der Waals surface area (Å²) in [6.45, 7) is 5.51. The first-order valence-corrected chi connectivity index (χ1v) is 5.33. The molecule has 0 aromatic carbocycles. The number of alkyl carbamates (subject to hydrolysis) is 1. The molecule has 16 heavy (non-hydrogen) atoms. The minimum Gasteiger partial charge on any atom is -0.444 e. The molecule has 1 aromatic heterocycles. The summed E-state index contributed by atoms with van der Waals surface area (Å²) < 4.78 is 9.98. The fourth-order valence-electron chi connectivity index (χ4n) is 1.53. The molecule has 1 N–H and O–H groups in total. The highest BCUT2D eigenvalue weighted by Gasteiger charge is 2.48. The first-order valence-electron chi connectivity index (χ1n) is 5.33. The van der Waals surface area contributed by atoms with Gasteiger partial charge in [-0.15, -0.1) is 0 Å². The molecule has 0 spiro atoms. The molecule has 1 amide bonds. The number of carbonyl (C=O) groups excluding carboxylic acids is 1. The summed E-state index contributed by atoms with van der Waals surface area (Å²) in [4.78, 5) is 11.6. The standard InChI is InChI=1S/C11H16N2O3/c1-10(2,3)16-9(14)12-11(5-6-11)8-4-7-15-13-8/h4,7H,5-6H2,1-3H3,(H,12,14). The van der Waals surface area contributed by atoms with Gasteiger partial charge in [0.2, 0.25) is 0 Å². The van der Waals surface area contributed by atoms with Gasteiger partial charge in [-0.2, -0.15) is 0 Å². The molecule has 1 saturated carbocycles. The van der Waals surface area contributed by atoms with E-state index in [2.05, 4.69) is 10.5 Å². The SMILES string of the molecule is CC(C)(C)OC(=O)NC1(c2ccon2)CC1. The van der Waals surface area contributed by atoms with E-state index in [0.717, 1.165) is 18.5 Å². The van der Waals surface area contributed by atoms with Gasteiger partial charge in [-0.3, -0.25) is 0 Å². The summed E-state index contributed by atoms with van der Waals surface area (Å²) in [6.07, 6.45) is 2.84. The zero-order valence-electron chi connectivity index (χ0n) is 9.74. The second-order valence-corrected chi connectivity index (χ2v) is 5.09. The van der Waals surface area contributed by atoms with Crippen LogP contribution in [0, 0.1) is 0 Å². The first kappa shape index (κ1) is 11.0. The Kier molecular flexibility index (Phi) is 2.40. The lowest BCUT2D eigenvalue weighted by Gasteiger charge is -2.22. The van der Waals surface area contributed by atoms with Gasteiger partial charge < -0.3 is 14.6 Å². The summed E-state index contributed by atoms with van der Waals surface area (Å²) >= 11 is 0. The van der Waals surface area contributed by atoms with Crippen molar-refractivity contribution in [3.05, 3.63) is 18.0 Å². The molecule has 0 bridgehead atoms. The van der Waals surface area contributed by atoms with E-state index in [0.29, 0.717) is 0 Å². The molecular formula is C11H16N2O3. The normalized spacial score (nSPS) is 17.9. The predicted molar refractivity (Wildman–Crippen MR) is 56.8 cm³/mol. The second kappa shape index (κ2) is 3.50. The van der Waals surface area contributed by atoms with E-state index < -0.39 is 11.7 Å². The Morgan fingerprint density at radius 1 is 1.56 bits per heavy atom. The van der Waals surface area contributed by atoms with Crippen molar-refractivity contribution in [1.82, 2.24) is 10.5 Å². The zero-order valence-corrected chi connectivity index (χ0v) is 9.74. The Labute approximate surface area is 94.1 Å². The second-order valence-electron chi connectivity index (χ2n) is 5.09. The van der Waals surface area contributed by atoms with Crippen LogP contribution in [0.3, 0.4) is 0 Å². The van der Waals surface area contributed by atoms with Crippen LogP contribution in [0.1, 0.15) is 39.3 Å². The van der Waals surface area contributed by atoms with Crippen molar-refractivity contribution in [2.45, 2.75) is 44.8 Å². The quantitative estimate of drug-likeness (QED) is 0.836. The Balaban J connectivity index is 1.98. The maximum Gasteiger partial charge on any atom is 0.408 e. The Morgan fingerprint density at radius 2 is 2.25 bits per heavy atom. The predicted octanol–water partition coefficient (Wildman–Crippen LogP) is 2.19. The van der Waals surface area contributed by atoms with Gasteiger partial charge in [-0.25, -0.2) is 4.79 Å². The van der Waals surface area contributed by atoms with E-state index in [1.807, 2.05) is 20.8 Å². The maximum absolute atomic E-state index is 11.6. The number of aromatic nitrogens is 1. The molecule has 0 atom stereocenters. The number of hydrogen-bond donors (Lipinski definition) is 1. The summed E-state index contributed by atoms with van der Waals surface area (Å²) in [6, 6.07) is 1.77. The van der Waals surface area contributed by atoms with Crippen LogP contribution >= 0.6 is 0 Å². The minimum atomic E-state index is -0.482. The molecule has 0 aliphatic heterocycles. The Morgan fingerprint density at radius 3 is 2.69 bits per heavy atom. The molecule has 0 radical (unpaired) electrons. The van der Waals surface area contributed by atoms with Crippen LogP contribution < -0.4 is 5.32 Å². The topological polar surface area (TPSA) is 64.4 Å². The van der Waals surface area contributed by atoms with Gasteiger partial charge in [0.15, 0.2) is 0 Å². The van der Waals surface area contributed by atoms with Crippen molar-refractivity contribution in [2.75, 3.05) is 0 Å². The monoisotopic (exact) mass is 224 g/mol. The smallest absolute Gasteiger partial charge is 0.408 e. The van der Waals surface area contributed by atoms with Crippen molar-refractivity contribution < 1.29 is 14.1 Å². The van der Waals surface area contributed by atoms with Crippen LogP contribution in [0.25, 0.3) is 0 Å². The van der Waals surface area contributed by atoms with Crippen molar-refractivity contribution in [2.24, 2.45) is 0 Å². The van der Waals surface area contributed by atoms with Crippen LogP contribution in [0.5, 0.6) is 0 Å². The molecule has 0 saturated heterocycles. The van der Waals surface area contributed by atoms with Crippen LogP contribution in [0.15, 0.2) is 16.9 Å². The van der Waals surface area contributed by atoms with Gasteiger partial charge in [0, 0.05) is 6.07 Å². The minimum absolute atomic E-state index is 0.366. The van der Waals surface area contributed by atoms with Crippen molar-refractivity contribution in [3.63, 3.8) is 0 Å². The van der Waals surface area contributed by atoms with E-state index in [4.69, 9.17) is 9.26 Å². The highest BCUT2D eigenvalue weighted by Crippen LogP contribution is 2.44. The number of rotatable bonds is 2. The summed E-state index contributed by atoms with van der Waals surface area (Å²) in [5, 5.41) is 6.70. The first-order chi connectivity index (χ1) is 7.41. The molecule has 1 aromatic rings. The van der Waals surface area contributed by atoms with Crippen LogP contribution in [0.4, 0.5) is 4.79 Å². The van der Waals surface area contributed by atoms with Crippen molar-refractivity contribution >= 4 is 6.09 Å². The van der Waals surface area contributed by atoms with Gasteiger partial charge in [0.05, 0.1) is 5.54 Å². The summed E-state index contributed by atoms with van der Waals surface area (Å²) in [5.41, 5.74) is -0.0855. The number of nitrogens with zero attached hydrogens (tertiary/aromatic N) is 1. The van der Waals surface area contributed by atoms with Crippen LogP contribution in [-0.4, -0.2) is 16.9 Å². The number of hydrogen-bond acceptors (Lipinski definition) is 4. The van der Waals surface area contributed by atoms with E-state index >= 15 is 0 Å². The van der Waals surface area contributed by atoms with Gasteiger partial charge in [-0.05, 0) is 33.6 Å². The highest BCUT2D eigenvalue weighted by molar-refractivity contribution is 5.69. The largest absolute Gasteiger partial charge is 0.444 e. The average molecular weight is 224 g/mol. The molecule has 5 nitrogen and oxygen atoms in total. The van der Waals surface area contributed by atoms with Gasteiger partial charge in [0.1, 0.15) is 17.6 Å². The summed E-state index contributed by atoms with van der Waals surface area (Å²) in [5.74, 6) is 0. The lowest BCUT2D eigenvalue weighted by Crippen LogP contribution is -2.39. The molecule has 0 unspecified atom stereocenters. The molecule has 1 fully saturated rings. The van der Waals surface area contributed by atoms with Gasteiger partial charge >= 0.3 is 6.09 Å². The molecule has 88 valence electrons. The van der Waals surface area contributed by atoms with Gasteiger partial charge in [0.25, 0.3) is 0 Å². The fraction of sp³-hybridized carbons (Fsp3) is 0.636. The number of amides is 1. The van der Waals surface area contributed by atoms with E-state index in [1.54, 1.807) is 6.07 Å². The van der Waals surface area contributed by atoms with Crippen molar-refractivity contribution in [1.29, 1.82) is 0 Å². The fourth-order valence-corrected chi connectivity index (χ4v) is 1.53. The molecular weight excluding hydrogens is 208 g/mol. The molecule has 1 aliphatic rings. The number of carbonyl (C=O) groups is 1. The van der Waals surface area contributed by atoms with Crippen LogP contribution in [0.2, 0.25) is 0 Å². The third-order valence-corrected chi connectivity index (χ3v) is 2.42. The highest BCUT2D eigenvalue weighted by atomic mass is 16.6. The number of ether oxygens (including phenoxy) is 1. The number of nitrogens with one attached hydrogen (secondary N) is 1. The third kappa shape index (κ3) is 2.35. The lowest BCUT2D eigenvalue weighted by atomic mass is 10.2. The Hall–Kier alpha value is -1.52. The van der Waals surface area contributed by atoms with Crippen molar-refractivity contribution in [3.8, 4) is 0 Å². The third-order valence-electron chi connectivity index (χ3n) is 2.42. The molecule has 5 heteroatoms. The maximum atomic E-state index is 11.6.